The molecule has 2 aromatic rings. The molecule has 0 spiro atoms. The van der Waals surface area contributed by atoms with Gasteiger partial charge in [0.2, 0.25) is 0 Å². The van der Waals surface area contributed by atoms with E-state index in [-0.39, 0.29) is 0 Å². The lowest BCUT2D eigenvalue weighted by molar-refractivity contribution is 0.749. The maximum Gasteiger partial charge on any atom is 0.0302 e. The molecule has 0 saturated heterocycles. The molecular weight excluding hydrogens is 220 g/mol. The number of rotatable bonds is 4. The summed E-state index contributed by atoms with van der Waals surface area (Å²) in [6.45, 7) is 6.65. The molecule has 0 radical (unpaired) electrons. The first-order chi connectivity index (χ1) is 8.66. The van der Waals surface area contributed by atoms with Gasteiger partial charge in [-0.2, -0.15) is 0 Å². The molecule has 0 aliphatic rings. The van der Waals surface area contributed by atoms with Crippen molar-refractivity contribution >= 4 is 0 Å². The Balaban J connectivity index is 2.12. The van der Waals surface area contributed by atoms with Gasteiger partial charge in [0.15, 0.2) is 0 Å². The van der Waals surface area contributed by atoms with Crippen LogP contribution in [0.3, 0.4) is 0 Å². The molecule has 0 bridgehead atoms. The number of hydrogen-bond acceptors (Lipinski definition) is 2. The highest BCUT2D eigenvalue weighted by molar-refractivity contribution is 5.24. The van der Waals surface area contributed by atoms with Gasteiger partial charge in [-0.3, -0.25) is 9.97 Å². The molecule has 2 rings (SSSR count). The quantitative estimate of drug-likeness (QED) is 0.808. The summed E-state index contributed by atoms with van der Waals surface area (Å²) in [5.74, 6) is 1.03. The van der Waals surface area contributed by atoms with Crippen molar-refractivity contribution in [3.63, 3.8) is 0 Å². The maximum atomic E-state index is 4.34. The molecule has 0 saturated carbocycles. The van der Waals surface area contributed by atoms with Gasteiger partial charge in [-0.05, 0) is 47.1 Å². The fourth-order valence-corrected chi connectivity index (χ4v) is 2.10. The average molecular weight is 240 g/mol. The maximum absolute atomic E-state index is 4.34. The molecule has 0 aromatic carbocycles. The Morgan fingerprint density at radius 1 is 0.944 bits per heavy atom. The van der Waals surface area contributed by atoms with Gasteiger partial charge in [-0.1, -0.05) is 26.8 Å². The number of nitrogens with zero attached hydrogens (tertiary/aromatic N) is 2. The standard InChI is InChI=1S/C16H20N2/c1-12(2)16-9-14(10-18-11-16)8-13(3)15-4-6-17-7-5-15/h4-7,9-13H,8H2,1-3H3. The third kappa shape index (κ3) is 3.16. The highest BCUT2D eigenvalue weighted by Crippen LogP contribution is 2.21. The Morgan fingerprint density at radius 3 is 2.33 bits per heavy atom. The van der Waals surface area contributed by atoms with Gasteiger partial charge < -0.3 is 0 Å². The van der Waals surface area contributed by atoms with E-state index in [1.165, 1.54) is 16.7 Å². The Bertz CT molecular complexity index is 491. The monoisotopic (exact) mass is 240 g/mol. The molecule has 0 aliphatic heterocycles. The van der Waals surface area contributed by atoms with Crippen molar-refractivity contribution < 1.29 is 0 Å². The smallest absolute Gasteiger partial charge is 0.0302 e. The van der Waals surface area contributed by atoms with Crippen molar-refractivity contribution in [1.82, 2.24) is 9.97 Å². The zero-order valence-electron chi connectivity index (χ0n) is 11.3. The van der Waals surface area contributed by atoms with E-state index in [9.17, 15) is 0 Å². The first kappa shape index (κ1) is 12.7. The summed E-state index contributed by atoms with van der Waals surface area (Å²) in [7, 11) is 0. The molecule has 94 valence electrons. The van der Waals surface area contributed by atoms with Crippen molar-refractivity contribution in [3.8, 4) is 0 Å². The van der Waals surface area contributed by atoms with Crippen LogP contribution in [0, 0.1) is 0 Å². The largest absolute Gasteiger partial charge is 0.265 e. The molecule has 2 nitrogen and oxygen atoms in total. The predicted molar refractivity (Wildman–Crippen MR) is 74.7 cm³/mol. The molecule has 0 fully saturated rings. The molecule has 2 heteroatoms. The van der Waals surface area contributed by atoms with E-state index in [1.54, 1.807) is 0 Å². The van der Waals surface area contributed by atoms with E-state index < -0.39 is 0 Å². The van der Waals surface area contributed by atoms with Crippen molar-refractivity contribution in [2.45, 2.75) is 39.0 Å². The molecule has 0 N–H and O–H groups in total. The van der Waals surface area contributed by atoms with Crippen LogP contribution in [0.15, 0.2) is 43.0 Å². The molecule has 2 heterocycles. The fourth-order valence-electron chi connectivity index (χ4n) is 2.10. The van der Waals surface area contributed by atoms with Gasteiger partial charge in [-0.15, -0.1) is 0 Å². The second-order valence-corrected chi connectivity index (χ2v) is 5.17. The van der Waals surface area contributed by atoms with Crippen LogP contribution < -0.4 is 0 Å². The minimum absolute atomic E-state index is 0.497. The third-order valence-corrected chi connectivity index (χ3v) is 3.30. The normalized spacial score (nSPS) is 12.7. The summed E-state index contributed by atoms with van der Waals surface area (Å²) in [5, 5.41) is 0. The molecular formula is C16H20N2. The van der Waals surface area contributed by atoms with Crippen molar-refractivity contribution in [2.75, 3.05) is 0 Å². The van der Waals surface area contributed by atoms with Crippen LogP contribution in [0.4, 0.5) is 0 Å². The van der Waals surface area contributed by atoms with Gasteiger partial charge in [-0.25, -0.2) is 0 Å². The van der Waals surface area contributed by atoms with Crippen LogP contribution in [0.25, 0.3) is 0 Å². The molecule has 0 amide bonds. The summed E-state index contributed by atoms with van der Waals surface area (Å²) in [6.07, 6.45) is 8.68. The molecule has 1 unspecified atom stereocenters. The lowest BCUT2D eigenvalue weighted by Crippen LogP contribution is -2.00. The number of hydrogen-bond donors (Lipinski definition) is 0. The van der Waals surface area contributed by atoms with Gasteiger partial charge in [0, 0.05) is 24.8 Å². The zero-order chi connectivity index (χ0) is 13.0. The highest BCUT2D eigenvalue weighted by Gasteiger charge is 2.08. The van der Waals surface area contributed by atoms with Crippen LogP contribution in [-0.4, -0.2) is 9.97 Å². The summed E-state index contributed by atoms with van der Waals surface area (Å²) in [6, 6.07) is 6.45. The average Bonchev–Trinajstić information content (AvgIpc) is 2.40. The molecule has 0 aliphatic carbocycles. The predicted octanol–water partition coefficient (Wildman–Crippen LogP) is 3.95. The Hall–Kier alpha value is -1.70. The van der Waals surface area contributed by atoms with Crippen LogP contribution in [-0.2, 0) is 6.42 Å². The van der Waals surface area contributed by atoms with E-state index in [1.807, 2.05) is 24.8 Å². The Morgan fingerprint density at radius 2 is 1.67 bits per heavy atom. The SMILES string of the molecule is CC(C)c1cncc(CC(C)c2ccncc2)c1. The first-order valence-electron chi connectivity index (χ1n) is 6.50. The van der Waals surface area contributed by atoms with Crippen molar-refractivity contribution in [3.05, 3.63) is 59.7 Å². The number of pyridine rings is 2. The van der Waals surface area contributed by atoms with E-state index in [0.717, 1.165) is 6.42 Å². The lowest BCUT2D eigenvalue weighted by atomic mass is 9.93. The van der Waals surface area contributed by atoms with E-state index in [0.29, 0.717) is 11.8 Å². The third-order valence-electron chi connectivity index (χ3n) is 3.30. The lowest BCUT2D eigenvalue weighted by Gasteiger charge is -2.13. The minimum Gasteiger partial charge on any atom is -0.265 e. The van der Waals surface area contributed by atoms with E-state index in [2.05, 4.69) is 48.9 Å². The van der Waals surface area contributed by atoms with Crippen molar-refractivity contribution in [1.29, 1.82) is 0 Å². The van der Waals surface area contributed by atoms with Crippen LogP contribution in [0.2, 0.25) is 0 Å². The summed E-state index contributed by atoms with van der Waals surface area (Å²) in [4.78, 5) is 8.40. The van der Waals surface area contributed by atoms with E-state index >= 15 is 0 Å². The van der Waals surface area contributed by atoms with Crippen LogP contribution >= 0.6 is 0 Å². The minimum atomic E-state index is 0.497. The Labute approximate surface area is 109 Å². The molecule has 1 atom stereocenters. The topological polar surface area (TPSA) is 25.8 Å². The second kappa shape index (κ2) is 5.76. The molecule has 2 aromatic heterocycles. The van der Waals surface area contributed by atoms with Gasteiger partial charge in [0.05, 0.1) is 0 Å². The van der Waals surface area contributed by atoms with Crippen LogP contribution in [0.1, 0.15) is 49.3 Å². The zero-order valence-corrected chi connectivity index (χ0v) is 11.3. The van der Waals surface area contributed by atoms with Gasteiger partial charge in [0.25, 0.3) is 0 Å². The summed E-state index contributed by atoms with van der Waals surface area (Å²) >= 11 is 0. The number of aromatic nitrogens is 2. The first-order valence-corrected chi connectivity index (χ1v) is 6.50. The summed E-state index contributed by atoms with van der Waals surface area (Å²) in [5.41, 5.74) is 3.96. The fraction of sp³-hybridized carbons (Fsp3) is 0.375. The highest BCUT2D eigenvalue weighted by atomic mass is 14.6. The summed E-state index contributed by atoms with van der Waals surface area (Å²) < 4.78 is 0. The molecule has 18 heavy (non-hydrogen) atoms. The van der Waals surface area contributed by atoms with E-state index in [4.69, 9.17) is 0 Å². The van der Waals surface area contributed by atoms with Gasteiger partial charge >= 0.3 is 0 Å². The second-order valence-electron chi connectivity index (χ2n) is 5.17. The Kier molecular flexibility index (Phi) is 4.08. The van der Waals surface area contributed by atoms with Gasteiger partial charge in [0.1, 0.15) is 0 Å². The van der Waals surface area contributed by atoms with Crippen LogP contribution in [0.5, 0.6) is 0 Å². The van der Waals surface area contributed by atoms with Crippen molar-refractivity contribution in [2.24, 2.45) is 0 Å².